The average molecular weight is 435 g/mol. The first-order chi connectivity index (χ1) is 13.9. The molecule has 2 aromatic rings. The maximum absolute atomic E-state index is 13.8. The van der Waals surface area contributed by atoms with Crippen LogP contribution in [0.25, 0.3) is 6.08 Å². The lowest BCUT2D eigenvalue weighted by Crippen LogP contribution is -2.31. The molecule has 29 heavy (non-hydrogen) atoms. The van der Waals surface area contributed by atoms with E-state index in [1.54, 1.807) is 36.4 Å². The van der Waals surface area contributed by atoms with Crippen LogP contribution >= 0.6 is 23.8 Å². The van der Waals surface area contributed by atoms with Gasteiger partial charge in [0.05, 0.1) is 12.1 Å². The van der Waals surface area contributed by atoms with Crippen LogP contribution in [0.1, 0.15) is 24.5 Å². The molecule has 1 N–H and O–H groups in total. The number of methoxy groups -OCH3 is 1. The normalized spacial score (nSPS) is 15.0. The second-order valence-electron chi connectivity index (χ2n) is 6.36. The predicted octanol–water partition coefficient (Wildman–Crippen LogP) is 4.53. The summed E-state index contributed by atoms with van der Waals surface area (Å²) in [4.78, 5) is 14.0. The van der Waals surface area contributed by atoms with Crippen LogP contribution in [0.2, 0.25) is 5.02 Å². The Morgan fingerprint density at radius 1 is 1.31 bits per heavy atom. The highest BCUT2D eigenvalue weighted by atomic mass is 35.5. The number of rotatable bonds is 7. The third kappa shape index (κ3) is 4.68. The van der Waals surface area contributed by atoms with E-state index in [-0.39, 0.29) is 23.4 Å². The largest absolute Gasteiger partial charge is 0.493 e. The van der Waals surface area contributed by atoms with Crippen LogP contribution < -0.4 is 14.8 Å². The van der Waals surface area contributed by atoms with Gasteiger partial charge in [0.2, 0.25) is 0 Å². The van der Waals surface area contributed by atoms with Gasteiger partial charge >= 0.3 is 0 Å². The highest BCUT2D eigenvalue weighted by Crippen LogP contribution is 2.37. The third-order valence-electron chi connectivity index (χ3n) is 4.30. The zero-order chi connectivity index (χ0) is 21.0. The van der Waals surface area contributed by atoms with Gasteiger partial charge in [-0.2, -0.15) is 0 Å². The number of halogens is 2. The van der Waals surface area contributed by atoms with Crippen LogP contribution in [0.4, 0.5) is 4.39 Å². The van der Waals surface area contributed by atoms with Crippen molar-refractivity contribution >= 4 is 40.9 Å². The molecule has 1 aliphatic heterocycles. The number of hydrogen-bond acceptors (Lipinski definition) is 4. The highest BCUT2D eigenvalue weighted by Gasteiger charge is 2.29. The summed E-state index contributed by atoms with van der Waals surface area (Å²) in [6.45, 7) is 2.53. The molecule has 152 valence electrons. The summed E-state index contributed by atoms with van der Waals surface area (Å²) in [5, 5.41) is 3.59. The maximum atomic E-state index is 13.8. The van der Waals surface area contributed by atoms with Crippen molar-refractivity contribution < 1.29 is 18.7 Å². The van der Waals surface area contributed by atoms with Gasteiger partial charge < -0.3 is 14.8 Å². The number of thiocarbonyl (C=S) groups is 1. The average Bonchev–Trinajstić information content (AvgIpc) is 2.95. The molecule has 1 amide bonds. The van der Waals surface area contributed by atoms with E-state index in [9.17, 15) is 9.18 Å². The first kappa shape index (κ1) is 21.1. The minimum absolute atomic E-state index is 0.00345. The molecule has 0 aliphatic carbocycles. The Kier molecular flexibility index (Phi) is 6.71. The van der Waals surface area contributed by atoms with Gasteiger partial charge in [-0.3, -0.25) is 9.69 Å². The fraction of sp³-hybridized carbons (Fsp3) is 0.238. The van der Waals surface area contributed by atoms with Crippen LogP contribution in [0.5, 0.6) is 11.5 Å². The lowest BCUT2D eigenvalue weighted by atomic mass is 10.1. The van der Waals surface area contributed by atoms with E-state index in [1.165, 1.54) is 18.1 Å². The SMILES string of the molecule is CCCN1C(=O)/C(=C/c2cc(Cl)c(OCc3ccccc3F)c(OC)c2)NC1=S. The van der Waals surface area contributed by atoms with Gasteiger partial charge in [-0.25, -0.2) is 4.39 Å². The first-order valence-electron chi connectivity index (χ1n) is 9.02. The van der Waals surface area contributed by atoms with Crippen molar-refractivity contribution in [1.82, 2.24) is 10.2 Å². The first-order valence-corrected chi connectivity index (χ1v) is 9.81. The Morgan fingerprint density at radius 3 is 2.76 bits per heavy atom. The van der Waals surface area contributed by atoms with Crippen LogP contribution in [-0.2, 0) is 11.4 Å². The zero-order valence-electron chi connectivity index (χ0n) is 16.0. The van der Waals surface area contributed by atoms with Gasteiger partial charge in [0.15, 0.2) is 16.6 Å². The van der Waals surface area contributed by atoms with E-state index >= 15 is 0 Å². The molecule has 0 atom stereocenters. The van der Waals surface area contributed by atoms with Crippen molar-refractivity contribution in [1.29, 1.82) is 0 Å². The van der Waals surface area contributed by atoms with Crippen LogP contribution in [0.3, 0.4) is 0 Å². The molecule has 0 aromatic heterocycles. The van der Waals surface area contributed by atoms with E-state index < -0.39 is 0 Å². The van der Waals surface area contributed by atoms with Gasteiger partial charge in [0.1, 0.15) is 18.1 Å². The summed E-state index contributed by atoms with van der Waals surface area (Å²) in [6, 6.07) is 9.68. The summed E-state index contributed by atoms with van der Waals surface area (Å²) >= 11 is 11.6. The highest BCUT2D eigenvalue weighted by molar-refractivity contribution is 7.80. The van der Waals surface area contributed by atoms with Crippen LogP contribution in [-0.4, -0.2) is 29.6 Å². The van der Waals surface area contributed by atoms with E-state index in [0.29, 0.717) is 40.0 Å². The Morgan fingerprint density at radius 2 is 2.07 bits per heavy atom. The van der Waals surface area contributed by atoms with Gasteiger partial charge in [-0.05, 0) is 48.5 Å². The molecule has 1 fully saturated rings. The molecule has 3 rings (SSSR count). The molecule has 0 spiro atoms. The van der Waals surface area contributed by atoms with Crippen LogP contribution in [0.15, 0.2) is 42.1 Å². The van der Waals surface area contributed by atoms with Crippen molar-refractivity contribution in [3.8, 4) is 11.5 Å². The third-order valence-corrected chi connectivity index (χ3v) is 4.91. The van der Waals surface area contributed by atoms with Gasteiger partial charge in [0.25, 0.3) is 5.91 Å². The topological polar surface area (TPSA) is 50.8 Å². The maximum Gasteiger partial charge on any atom is 0.276 e. The number of carbonyl (C=O) groups is 1. The van der Waals surface area contributed by atoms with E-state index in [0.717, 1.165) is 6.42 Å². The lowest BCUT2D eigenvalue weighted by molar-refractivity contribution is -0.122. The van der Waals surface area contributed by atoms with E-state index in [2.05, 4.69) is 5.32 Å². The van der Waals surface area contributed by atoms with Crippen molar-refractivity contribution in [3.63, 3.8) is 0 Å². The van der Waals surface area contributed by atoms with Gasteiger partial charge in [-0.1, -0.05) is 36.7 Å². The predicted molar refractivity (Wildman–Crippen MR) is 114 cm³/mol. The minimum Gasteiger partial charge on any atom is -0.493 e. The summed E-state index contributed by atoms with van der Waals surface area (Å²) in [5.41, 5.74) is 1.41. The zero-order valence-corrected chi connectivity index (χ0v) is 17.6. The number of ether oxygens (including phenoxy) is 2. The van der Waals surface area contributed by atoms with Crippen molar-refractivity contribution in [2.75, 3.05) is 13.7 Å². The number of carbonyl (C=O) groups excluding carboxylic acids is 1. The molecule has 2 aromatic carbocycles. The Bertz CT molecular complexity index is 980. The second kappa shape index (κ2) is 9.24. The van der Waals surface area contributed by atoms with E-state index in [1.807, 2.05) is 6.92 Å². The van der Waals surface area contributed by atoms with Crippen molar-refractivity contribution in [2.45, 2.75) is 20.0 Å². The fourth-order valence-corrected chi connectivity index (χ4v) is 3.45. The Hall–Kier alpha value is -2.64. The quantitative estimate of drug-likeness (QED) is 0.512. The Balaban J connectivity index is 1.84. The summed E-state index contributed by atoms with van der Waals surface area (Å²) in [7, 11) is 1.48. The molecule has 0 radical (unpaired) electrons. The lowest BCUT2D eigenvalue weighted by Gasteiger charge is -2.14. The molecule has 8 heteroatoms. The molecule has 1 aliphatic rings. The Labute approximate surface area is 179 Å². The summed E-state index contributed by atoms with van der Waals surface area (Å²) in [6.07, 6.45) is 2.45. The molecule has 0 saturated carbocycles. The second-order valence-corrected chi connectivity index (χ2v) is 7.15. The number of nitrogens with one attached hydrogen (secondary N) is 1. The number of amides is 1. The number of hydrogen-bond donors (Lipinski definition) is 1. The smallest absolute Gasteiger partial charge is 0.276 e. The van der Waals surface area contributed by atoms with Crippen LogP contribution in [0, 0.1) is 5.82 Å². The monoisotopic (exact) mass is 434 g/mol. The van der Waals surface area contributed by atoms with Gasteiger partial charge in [0, 0.05) is 12.1 Å². The summed E-state index contributed by atoms with van der Waals surface area (Å²) < 4.78 is 24.9. The number of benzene rings is 2. The molecular weight excluding hydrogens is 415 g/mol. The molecule has 1 saturated heterocycles. The molecule has 5 nitrogen and oxygen atoms in total. The fourth-order valence-electron chi connectivity index (χ4n) is 2.89. The number of nitrogens with zero attached hydrogens (tertiary/aromatic N) is 1. The molecule has 0 unspecified atom stereocenters. The van der Waals surface area contributed by atoms with Crippen molar-refractivity contribution in [3.05, 3.63) is 64.1 Å². The standard InChI is InChI=1S/C21H20ClFN2O3S/c1-3-8-25-20(26)17(24-21(25)29)10-13-9-15(22)19(18(11-13)27-2)28-12-14-6-4-5-7-16(14)23/h4-7,9-11H,3,8,12H2,1-2H3,(H,24,29)/b17-10-. The molecule has 1 heterocycles. The van der Waals surface area contributed by atoms with Crippen molar-refractivity contribution in [2.24, 2.45) is 0 Å². The molecule has 0 bridgehead atoms. The van der Waals surface area contributed by atoms with E-state index in [4.69, 9.17) is 33.3 Å². The minimum atomic E-state index is -0.359. The van der Waals surface area contributed by atoms with Gasteiger partial charge in [-0.15, -0.1) is 0 Å². The summed E-state index contributed by atoms with van der Waals surface area (Å²) in [5.74, 6) is 0.127. The molecular formula is C21H20ClFN2O3S.